The molecule has 1 unspecified atom stereocenters. The molecule has 12 heteroatoms. The summed E-state index contributed by atoms with van der Waals surface area (Å²) in [5, 5.41) is 19.7. The summed E-state index contributed by atoms with van der Waals surface area (Å²) >= 11 is 0. The summed E-state index contributed by atoms with van der Waals surface area (Å²) in [4.78, 5) is 13.3. The summed E-state index contributed by atoms with van der Waals surface area (Å²) in [5.74, 6) is -0.841. The van der Waals surface area contributed by atoms with Crippen molar-refractivity contribution in [2.24, 2.45) is 0 Å². The number of nitrogens with zero attached hydrogens (tertiary/aromatic N) is 4. The highest BCUT2D eigenvalue weighted by Gasteiger charge is 2.35. The van der Waals surface area contributed by atoms with Crippen molar-refractivity contribution < 1.29 is 31.1 Å². The quantitative estimate of drug-likeness (QED) is 0.588. The molecule has 0 saturated carbocycles. The van der Waals surface area contributed by atoms with Gasteiger partial charge in [-0.3, -0.25) is 4.79 Å². The second-order valence-corrected chi connectivity index (χ2v) is 7.38. The molecule has 168 valence electrons. The lowest BCUT2D eigenvalue weighted by atomic mass is 10.0. The number of hydrogen-bond acceptors (Lipinski definition) is 4. The molecule has 3 rings (SSSR count). The Labute approximate surface area is 177 Å². The minimum Gasteiger partial charge on any atom is -0.332 e. The molecule has 0 aliphatic rings. The minimum absolute atomic E-state index is 0.0355. The largest absolute Gasteiger partial charge is 0.418 e. The Morgan fingerprint density at radius 1 is 1.06 bits per heavy atom. The van der Waals surface area contributed by atoms with Gasteiger partial charge in [0.1, 0.15) is 16.6 Å². The van der Waals surface area contributed by atoms with Crippen LogP contribution in [-0.4, -0.2) is 26.4 Å². The van der Waals surface area contributed by atoms with Crippen LogP contribution in [-0.2, 0) is 18.9 Å². The Kier molecular flexibility index (Phi) is 5.63. The van der Waals surface area contributed by atoms with E-state index in [2.05, 4.69) is 15.5 Å². The average molecular weight is 455 g/mol. The highest BCUT2D eigenvalue weighted by Crippen LogP contribution is 2.34. The Hall–Kier alpha value is -3.62. The van der Waals surface area contributed by atoms with E-state index in [0.29, 0.717) is 5.56 Å². The molecule has 1 atom stereocenters. The molecule has 3 aromatic rings. The van der Waals surface area contributed by atoms with Crippen molar-refractivity contribution in [1.29, 1.82) is 5.26 Å². The molecule has 0 radical (unpaired) electrons. The van der Waals surface area contributed by atoms with Crippen LogP contribution in [0.25, 0.3) is 11.0 Å². The van der Waals surface area contributed by atoms with Crippen molar-refractivity contribution in [2.75, 3.05) is 0 Å². The van der Waals surface area contributed by atoms with Crippen LogP contribution in [0.5, 0.6) is 0 Å². The third-order valence-corrected chi connectivity index (χ3v) is 4.55. The van der Waals surface area contributed by atoms with Crippen LogP contribution in [0.2, 0.25) is 0 Å². The van der Waals surface area contributed by atoms with Crippen LogP contribution in [0.1, 0.15) is 34.0 Å². The van der Waals surface area contributed by atoms with E-state index in [9.17, 15) is 36.4 Å². The summed E-state index contributed by atoms with van der Waals surface area (Å²) in [6.45, 7) is 2.36. The number of nitrogens with one attached hydrogen (secondary N) is 1. The number of rotatable bonds is 4. The third-order valence-electron chi connectivity index (χ3n) is 4.55. The van der Waals surface area contributed by atoms with Crippen molar-refractivity contribution in [2.45, 2.75) is 38.3 Å². The zero-order chi connectivity index (χ0) is 23.9. The molecular formula is C20H15F6N5O. The van der Waals surface area contributed by atoms with Gasteiger partial charge in [-0.05, 0) is 55.8 Å². The number of amides is 1. The third kappa shape index (κ3) is 4.82. The number of carbonyl (C=O) groups is 1. The first-order valence-electron chi connectivity index (χ1n) is 9.05. The Morgan fingerprint density at radius 3 is 2.22 bits per heavy atom. The van der Waals surface area contributed by atoms with Gasteiger partial charge in [-0.2, -0.15) is 46.6 Å². The topological polar surface area (TPSA) is 83.6 Å². The maximum atomic E-state index is 13.3. The molecule has 0 bridgehead atoms. The van der Waals surface area contributed by atoms with E-state index >= 15 is 0 Å². The van der Waals surface area contributed by atoms with Gasteiger partial charge in [0.05, 0.1) is 23.7 Å². The standard InChI is InChI=1S/C20H15F6N5O/c1-11-7-14(20(24,25)26)16-15(8-11)29-31(30-16)10-18(2,9-27)28-17(32)12-3-5-13(6-4-12)19(21,22)23/h3-8H,10H2,1-2H3,(H,28,32). The monoisotopic (exact) mass is 455 g/mol. The SMILES string of the molecule is Cc1cc(C(F)(F)F)c2nn(CC(C)(C#N)NC(=O)c3ccc(C(F)(F)F)cc3)nc2c1. The lowest BCUT2D eigenvalue weighted by molar-refractivity contribution is -0.138. The zero-order valence-corrected chi connectivity index (χ0v) is 16.6. The minimum atomic E-state index is -4.67. The van der Waals surface area contributed by atoms with Crippen LogP contribution >= 0.6 is 0 Å². The first-order valence-corrected chi connectivity index (χ1v) is 9.05. The summed E-state index contributed by atoms with van der Waals surface area (Å²) in [7, 11) is 0. The van der Waals surface area contributed by atoms with E-state index in [1.165, 1.54) is 19.9 Å². The normalized spacial score (nSPS) is 14.1. The van der Waals surface area contributed by atoms with E-state index in [1.807, 2.05) is 6.07 Å². The van der Waals surface area contributed by atoms with Gasteiger partial charge in [-0.15, -0.1) is 0 Å². The molecule has 0 aliphatic heterocycles. The number of aryl methyl sites for hydroxylation is 1. The molecule has 32 heavy (non-hydrogen) atoms. The molecular weight excluding hydrogens is 440 g/mol. The number of carbonyl (C=O) groups excluding carboxylic acids is 1. The maximum Gasteiger partial charge on any atom is 0.418 e. The number of alkyl halides is 6. The molecule has 1 N–H and O–H groups in total. The Bertz CT molecular complexity index is 1210. The first kappa shape index (κ1) is 23.1. The van der Waals surface area contributed by atoms with Gasteiger partial charge < -0.3 is 5.32 Å². The summed E-state index contributed by atoms with van der Waals surface area (Å²) in [6.07, 6.45) is -9.24. The predicted molar refractivity (Wildman–Crippen MR) is 100 cm³/mol. The number of nitriles is 1. The van der Waals surface area contributed by atoms with Gasteiger partial charge in [-0.1, -0.05) is 0 Å². The predicted octanol–water partition coefficient (Wildman–Crippen LogP) is 4.49. The maximum absolute atomic E-state index is 13.3. The number of fused-ring (bicyclic) bond motifs is 1. The molecule has 1 amide bonds. The van der Waals surface area contributed by atoms with Crippen molar-refractivity contribution in [1.82, 2.24) is 20.3 Å². The second kappa shape index (κ2) is 7.81. The smallest absolute Gasteiger partial charge is 0.332 e. The van der Waals surface area contributed by atoms with Gasteiger partial charge in [0.25, 0.3) is 5.91 Å². The lowest BCUT2D eigenvalue weighted by Gasteiger charge is -2.22. The van der Waals surface area contributed by atoms with Crippen LogP contribution in [0.4, 0.5) is 26.3 Å². The second-order valence-electron chi connectivity index (χ2n) is 7.38. The fourth-order valence-electron chi connectivity index (χ4n) is 3.01. The number of halogens is 6. The molecule has 1 aromatic heterocycles. The first-order chi connectivity index (χ1) is 14.7. The van der Waals surface area contributed by atoms with Crippen LogP contribution in [0, 0.1) is 18.3 Å². The van der Waals surface area contributed by atoms with Crippen LogP contribution < -0.4 is 5.32 Å². The molecule has 1 heterocycles. The highest BCUT2D eigenvalue weighted by atomic mass is 19.4. The van der Waals surface area contributed by atoms with Crippen molar-refractivity contribution >= 4 is 16.9 Å². The molecule has 0 aliphatic carbocycles. The molecule has 6 nitrogen and oxygen atoms in total. The van der Waals surface area contributed by atoms with Gasteiger partial charge in [-0.25, -0.2) is 0 Å². The van der Waals surface area contributed by atoms with Crippen molar-refractivity contribution in [3.63, 3.8) is 0 Å². The van der Waals surface area contributed by atoms with E-state index in [1.54, 1.807) is 0 Å². The van der Waals surface area contributed by atoms with Crippen molar-refractivity contribution in [3.8, 4) is 6.07 Å². The van der Waals surface area contributed by atoms with Crippen molar-refractivity contribution in [3.05, 3.63) is 58.7 Å². The van der Waals surface area contributed by atoms with E-state index in [0.717, 1.165) is 35.1 Å². The van der Waals surface area contributed by atoms with E-state index in [4.69, 9.17) is 0 Å². The van der Waals surface area contributed by atoms with E-state index < -0.39 is 47.0 Å². The van der Waals surface area contributed by atoms with Gasteiger partial charge >= 0.3 is 12.4 Å². The summed E-state index contributed by atoms with van der Waals surface area (Å²) in [6, 6.07) is 7.51. The van der Waals surface area contributed by atoms with Gasteiger partial charge in [0, 0.05) is 5.56 Å². The van der Waals surface area contributed by atoms with Gasteiger partial charge in [0.2, 0.25) is 0 Å². The Balaban J connectivity index is 1.86. The fourth-order valence-corrected chi connectivity index (χ4v) is 3.01. The highest BCUT2D eigenvalue weighted by molar-refractivity contribution is 5.95. The number of aromatic nitrogens is 3. The van der Waals surface area contributed by atoms with Crippen LogP contribution in [0.3, 0.4) is 0 Å². The molecule has 0 spiro atoms. The van der Waals surface area contributed by atoms with E-state index in [-0.39, 0.29) is 11.1 Å². The lowest BCUT2D eigenvalue weighted by Crippen LogP contribution is -2.48. The average Bonchev–Trinajstić information content (AvgIpc) is 3.07. The number of hydrogen-bond donors (Lipinski definition) is 1. The summed E-state index contributed by atoms with van der Waals surface area (Å²) < 4.78 is 78.0. The number of benzene rings is 2. The molecule has 0 saturated heterocycles. The van der Waals surface area contributed by atoms with Crippen LogP contribution in [0.15, 0.2) is 36.4 Å². The molecule has 2 aromatic carbocycles. The zero-order valence-electron chi connectivity index (χ0n) is 16.6. The summed E-state index contributed by atoms with van der Waals surface area (Å²) in [5.41, 5.74) is -3.85. The fraction of sp³-hybridized carbons (Fsp3) is 0.300. The Morgan fingerprint density at radius 2 is 1.69 bits per heavy atom. The van der Waals surface area contributed by atoms with Gasteiger partial charge in [0.15, 0.2) is 0 Å². The molecule has 0 fully saturated rings.